The third-order valence-corrected chi connectivity index (χ3v) is 5.06. The molecule has 2 aliphatic rings. The van der Waals surface area contributed by atoms with Crippen LogP contribution >= 0.6 is 0 Å². The van der Waals surface area contributed by atoms with Gasteiger partial charge in [0.15, 0.2) is 0 Å². The Labute approximate surface area is 89.9 Å². The highest BCUT2D eigenvalue weighted by Crippen LogP contribution is 2.42. The molecular weight excluding hydrogens is 192 g/mol. The molecule has 1 aliphatic heterocycles. The van der Waals surface area contributed by atoms with Crippen molar-refractivity contribution in [2.24, 2.45) is 5.92 Å². The SMILES string of the molecule is CCC(C)(CC1CCC2OC2C1)O[SiH3]. The van der Waals surface area contributed by atoms with Crippen LogP contribution in [0.25, 0.3) is 0 Å². The normalized spacial score (nSPS) is 40.3. The Balaban J connectivity index is 1.83. The van der Waals surface area contributed by atoms with Crippen LogP contribution in [0.5, 0.6) is 0 Å². The zero-order valence-corrected chi connectivity index (χ0v) is 11.6. The summed E-state index contributed by atoms with van der Waals surface area (Å²) in [5.74, 6) is 0.845. The van der Waals surface area contributed by atoms with Crippen LogP contribution in [0, 0.1) is 5.92 Å². The van der Waals surface area contributed by atoms with Gasteiger partial charge in [-0.2, -0.15) is 0 Å². The van der Waals surface area contributed by atoms with Gasteiger partial charge >= 0.3 is 0 Å². The van der Waals surface area contributed by atoms with Crippen molar-refractivity contribution in [2.45, 2.75) is 63.8 Å². The second-order valence-corrected chi connectivity index (χ2v) is 5.51. The van der Waals surface area contributed by atoms with E-state index in [0.717, 1.165) is 22.8 Å². The lowest BCUT2D eigenvalue weighted by molar-refractivity contribution is 0.0603. The quantitative estimate of drug-likeness (QED) is 0.521. The van der Waals surface area contributed by atoms with E-state index in [1.54, 1.807) is 0 Å². The smallest absolute Gasteiger partial charge is 0.146 e. The second kappa shape index (κ2) is 3.95. The minimum atomic E-state index is 0.151. The molecule has 4 unspecified atom stereocenters. The Morgan fingerprint density at radius 1 is 1.43 bits per heavy atom. The van der Waals surface area contributed by atoms with E-state index >= 15 is 0 Å². The molecule has 0 radical (unpaired) electrons. The van der Waals surface area contributed by atoms with E-state index < -0.39 is 0 Å². The average Bonchev–Trinajstić information content (AvgIpc) is 2.96. The van der Waals surface area contributed by atoms with Crippen LogP contribution in [0.2, 0.25) is 0 Å². The topological polar surface area (TPSA) is 21.8 Å². The van der Waals surface area contributed by atoms with Gasteiger partial charge in [0.05, 0.1) is 17.8 Å². The van der Waals surface area contributed by atoms with Crippen LogP contribution in [-0.2, 0) is 9.16 Å². The van der Waals surface area contributed by atoms with Crippen molar-refractivity contribution < 1.29 is 9.16 Å². The Hall–Kier alpha value is 0.137. The van der Waals surface area contributed by atoms with Crippen molar-refractivity contribution in [1.82, 2.24) is 0 Å². The molecule has 4 atom stereocenters. The molecule has 2 nitrogen and oxygen atoms in total. The number of hydrogen-bond donors (Lipinski definition) is 0. The van der Waals surface area contributed by atoms with Gasteiger partial charge in [-0.1, -0.05) is 6.92 Å². The summed E-state index contributed by atoms with van der Waals surface area (Å²) in [7, 11) is 0.860. The van der Waals surface area contributed by atoms with Crippen LogP contribution < -0.4 is 0 Å². The standard InChI is InChI=1S/C11H22O2Si/c1-3-11(2,13-14)7-8-4-5-9-10(6-8)12-9/h8-10H,3-7H2,1-2,14H3. The summed E-state index contributed by atoms with van der Waals surface area (Å²) in [5.41, 5.74) is 0.151. The first-order valence-corrected chi connectivity index (χ1v) is 6.69. The number of epoxide rings is 1. The molecule has 1 saturated carbocycles. The maximum Gasteiger partial charge on any atom is 0.146 e. The van der Waals surface area contributed by atoms with Crippen LogP contribution in [0.15, 0.2) is 0 Å². The molecule has 1 heterocycles. The molecule has 0 aromatic heterocycles. The van der Waals surface area contributed by atoms with Gasteiger partial charge in [-0.25, -0.2) is 0 Å². The number of ether oxygens (including phenoxy) is 1. The third-order valence-electron chi connectivity index (χ3n) is 4.07. The summed E-state index contributed by atoms with van der Waals surface area (Å²) in [6, 6.07) is 0. The molecule has 3 heteroatoms. The van der Waals surface area contributed by atoms with Gasteiger partial charge in [-0.3, -0.25) is 0 Å². The molecule has 0 spiro atoms. The highest BCUT2D eigenvalue weighted by molar-refractivity contribution is 5.98. The summed E-state index contributed by atoms with van der Waals surface area (Å²) < 4.78 is 11.3. The first-order chi connectivity index (χ1) is 6.67. The molecule has 1 aliphatic carbocycles. The third kappa shape index (κ3) is 2.20. The van der Waals surface area contributed by atoms with Crippen molar-refractivity contribution in [1.29, 1.82) is 0 Å². The van der Waals surface area contributed by atoms with E-state index in [1.165, 1.54) is 25.7 Å². The molecule has 0 aromatic carbocycles. The number of rotatable bonds is 4. The van der Waals surface area contributed by atoms with Crippen molar-refractivity contribution >= 4 is 10.5 Å². The van der Waals surface area contributed by atoms with E-state index in [9.17, 15) is 0 Å². The highest BCUT2D eigenvalue weighted by Gasteiger charge is 2.44. The molecular formula is C11H22O2Si. The monoisotopic (exact) mass is 214 g/mol. The Morgan fingerprint density at radius 2 is 2.21 bits per heavy atom. The van der Waals surface area contributed by atoms with E-state index in [4.69, 9.17) is 9.16 Å². The van der Waals surface area contributed by atoms with Crippen LogP contribution in [0.1, 0.15) is 46.0 Å². The van der Waals surface area contributed by atoms with Gasteiger partial charge in [-0.05, 0) is 44.9 Å². The average molecular weight is 214 g/mol. The van der Waals surface area contributed by atoms with Crippen LogP contribution in [0.4, 0.5) is 0 Å². The predicted octanol–water partition coefficient (Wildman–Crippen LogP) is 1.41. The van der Waals surface area contributed by atoms with E-state index in [0.29, 0.717) is 12.2 Å². The minimum absolute atomic E-state index is 0.151. The Bertz CT molecular complexity index is 203. The number of hydrogen-bond acceptors (Lipinski definition) is 2. The van der Waals surface area contributed by atoms with Gasteiger partial charge in [-0.15, -0.1) is 0 Å². The van der Waals surface area contributed by atoms with Crippen molar-refractivity contribution in [2.75, 3.05) is 0 Å². The molecule has 1 saturated heterocycles. The lowest BCUT2D eigenvalue weighted by atomic mass is 9.81. The van der Waals surface area contributed by atoms with Gasteiger partial charge in [0.25, 0.3) is 0 Å². The molecule has 0 N–H and O–H groups in total. The summed E-state index contributed by atoms with van der Waals surface area (Å²) >= 11 is 0. The zero-order chi connectivity index (χ0) is 10.2. The van der Waals surface area contributed by atoms with Crippen LogP contribution in [-0.4, -0.2) is 28.3 Å². The molecule has 2 fully saturated rings. The second-order valence-electron chi connectivity index (χ2n) is 5.10. The van der Waals surface area contributed by atoms with Crippen LogP contribution in [0.3, 0.4) is 0 Å². The molecule has 14 heavy (non-hydrogen) atoms. The van der Waals surface area contributed by atoms with E-state index in [1.807, 2.05) is 0 Å². The van der Waals surface area contributed by atoms with E-state index in [-0.39, 0.29) is 5.60 Å². The van der Waals surface area contributed by atoms with Gasteiger partial charge in [0.2, 0.25) is 0 Å². The molecule has 82 valence electrons. The zero-order valence-electron chi connectivity index (χ0n) is 9.58. The van der Waals surface area contributed by atoms with Crippen molar-refractivity contribution in [3.8, 4) is 0 Å². The maximum absolute atomic E-state index is 5.74. The lowest BCUT2D eigenvalue weighted by Crippen LogP contribution is -2.31. The lowest BCUT2D eigenvalue weighted by Gasteiger charge is -2.32. The Morgan fingerprint density at radius 3 is 2.79 bits per heavy atom. The molecule has 2 rings (SSSR count). The van der Waals surface area contributed by atoms with Crippen molar-refractivity contribution in [3.05, 3.63) is 0 Å². The van der Waals surface area contributed by atoms with Gasteiger partial charge < -0.3 is 9.16 Å². The van der Waals surface area contributed by atoms with Crippen molar-refractivity contribution in [3.63, 3.8) is 0 Å². The minimum Gasteiger partial charge on any atom is -0.423 e. The summed E-state index contributed by atoms with van der Waals surface area (Å²) in [4.78, 5) is 0. The fourth-order valence-electron chi connectivity index (χ4n) is 2.65. The maximum atomic E-state index is 5.74. The predicted molar refractivity (Wildman–Crippen MR) is 60.3 cm³/mol. The largest absolute Gasteiger partial charge is 0.423 e. The number of fused-ring (bicyclic) bond motifs is 1. The fourth-order valence-corrected chi connectivity index (χ4v) is 3.11. The Kier molecular flexibility index (Phi) is 3.00. The first kappa shape index (κ1) is 10.6. The summed E-state index contributed by atoms with van der Waals surface area (Å²) in [6.45, 7) is 4.50. The molecule has 0 aromatic rings. The molecule has 0 bridgehead atoms. The summed E-state index contributed by atoms with van der Waals surface area (Å²) in [5, 5.41) is 0. The van der Waals surface area contributed by atoms with Gasteiger partial charge in [0, 0.05) is 0 Å². The fraction of sp³-hybridized carbons (Fsp3) is 1.00. The summed E-state index contributed by atoms with van der Waals surface area (Å²) in [6.07, 6.45) is 7.55. The van der Waals surface area contributed by atoms with Gasteiger partial charge in [0.1, 0.15) is 10.5 Å². The first-order valence-electron chi connectivity index (χ1n) is 5.87. The van der Waals surface area contributed by atoms with E-state index in [2.05, 4.69) is 13.8 Å². The molecule has 0 amide bonds. The highest BCUT2D eigenvalue weighted by atomic mass is 28.2.